The molecule has 1 aromatic carbocycles. The van der Waals surface area contributed by atoms with Crippen LogP contribution in [0, 0.1) is 5.82 Å². The molecule has 0 saturated heterocycles. The van der Waals surface area contributed by atoms with Crippen LogP contribution >= 0.6 is 34.8 Å². The van der Waals surface area contributed by atoms with Crippen LogP contribution in [-0.2, 0) is 6.42 Å². The molecule has 2 rings (SSSR count). The second-order valence-corrected chi connectivity index (χ2v) is 5.08. The van der Waals surface area contributed by atoms with E-state index < -0.39 is 5.82 Å². The zero-order chi connectivity index (χ0) is 14.0. The van der Waals surface area contributed by atoms with Gasteiger partial charge in [-0.3, -0.25) is 4.79 Å². The van der Waals surface area contributed by atoms with Crippen LogP contribution in [0.15, 0.2) is 30.5 Å². The summed E-state index contributed by atoms with van der Waals surface area (Å²) in [7, 11) is 0. The number of aromatic nitrogens is 1. The van der Waals surface area contributed by atoms with Crippen LogP contribution in [0.5, 0.6) is 0 Å². The Morgan fingerprint density at radius 1 is 1.16 bits per heavy atom. The third-order valence-electron chi connectivity index (χ3n) is 2.42. The van der Waals surface area contributed by atoms with Crippen LogP contribution in [0.1, 0.15) is 16.1 Å². The number of nitrogens with zero attached hydrogens (tertiary/aromatic N) is 1. The van der Waals surface area contributed by atoms with Crippen molar-refractivity contribution in [2.75, 3.05) is 0 Å². The van der Waals surface area contributed by atoms with E-state index in [1.807, 2.05) is 0 Å². The Bertz CT molecular complexity index is 646. The molecule has 0 unspecified atom stereocenters. The molecule has 0 radical (unpaired) electrons. The maximum atomic E-state index is 13.0. The molecule has 0 bridgehead atoms. The second-order valence-electron chi connectivity index (χ2n) is 3.83. The maximum absolute atomic E-state index is 13.0. The quantitative estimate of drug-likeness (QED) is 0.774. The molecule has 2 nitrogen and oxygen atoms in total. The minimum Gasteiger partial charge on any atom is -0.292 e. The summed E-state index contributed by atoms with van der Waals surface area (Å²) in [5, 5.41) is 0.512. The van der Waals surface area contributed by atoms with Crippen LogP contribution in [0.25, 0.3) is 0 Å². The Morgan fingerprint density at radius 2 is 1.89 bits per heavy atom. The molecular weight excluding hydrogens is 312 g/mol. The molecule has 0 spiro atoms. The molecular formula is C13H7Cl3FNO. The lowest BCUT2D eigenvalue weighted by molar-refractivity contribution is 0.0988. The second kappa shape index (κ2) is 5.87. The number of halogens is 4. The number of carbonyl (C=O) groups excluding carboxylic acids is 1. The summed E-state index contributed by atoms with van der Waals surface area (Å²) in [5.41, 5.74) is 0.718. The summed E-state index contributed by atoms with van der Waals surface area (Å²) in [6, 6.07) is 5.55. The fourth-order valence-electron chi connectivity index (χ4n) is 1.54. The first-order chi connectivity index (χ1) is 8.97. The van der Waals surface area contributed by atoms with E-state index >= 15 is 0 Å². The van der Waals surface area contributed by atoms with E-state index in [9.17, 15) is 9.18 Å². The summed E-state index contributed by atoms with van der Waals surface area (Å²) >= 11 is 17.2. The summed E-state index contributed by atoms with van der Waals surface area (Å²) in [6.07, 6.45) is 1.38. The van der Waals surface area contributed by atoms with Gasteiger partial charge in [-0.05, 0) is 23.8 Å². The van der Waals surface area contributed by atoms with Crippen molar-refractivity contribution < 1.29 is 9.18 Å². The Labute approximate surface area is 124 Å². The minimum atomic E-state index is -0.527. The lowest BCUT2D eigenvalue weighted by Gasteiger charge is -2.04. The van der Waals surface area contributed by atoms with Gasteiger partial charge in [0.25, 0.3) is 0 Å². The van der Waals surface area contributed by atoms with E-state index in [-0.39, 0.29) is 27.9 Å². The zero-order valence-electron chi connectivity index (χ0n) is 9.46. The predicted molar refractivity (Wildman–Crippen MR) is 73.7 cm³/mol. The van der Waals surface area contributed by atoms with Crippen LogP contribution in [0.4, 0.5) is 4.39 Å². The maximum Gasteiger partial charge on any atom is 0.187 e. The Morgan fingerprint density at radius 3 is 2.53 bits per heavy atom. The number of benzene rings is 1. The number of rotatable bonds is 3. The molecule has 0 atom stereocenters. The highest BCUT2D eigenvalue weighted by molar-refractivity contribution is 6.36. The number of Topliss-reactive ketones (excluding diaryl/α,β-unsaturated/α-hetero) is 1. The molecule has 2 aromatic rings. The van der Waals surface area contributed by atoms with E-state index in [4.69, 9.17) is 34.8 Å². The third-order valence-corrected chi connectivity index (χ3v) is 3.21. The third kappa shape index (κ3) is 3.44. The Kier molecular flexibility index (Phi) is 4.40. The molecule has 0 saturated carbocycles. The van der Waals surface area contributed by atoms with Gasteiger partial charge in [0.15, 0.2) is 5.78 Å². The standard InChI is InChI=1S/C13H7Cl3FNO/c14-8-5-10(16)13(18-6-8)12(19)4-7-1-2-11(17)9(15)3-7/h1-3,5-6H,4H2. The highest BCUT2D eigenvalue weighted by Crippen LogP contribution is 2.21. The monoisotopic (exact) mass is 317 g/mol. The number of hydrogen-bond donors (Lipinski definition) is 0. The SMILES string of the molecule is O=C(Cc1ccc(F)c(Cl)c1)c1ncc(Cl)cc1Cl. The van der Waals surface area contributed by atoms with Gasteiger partial charge >= 0.3 is 0 Å². The van der Waals surface area contributed by atoms with Crippen LogP contribution in [0.3, 0.4) is 0 Å². The normalized spacial score (nSPS) is 10.5. The first-order valence-corrected chi connectivity index (χ1v) is 6.39. The molecule has 1 heterocycles. The van der Waals surface area contributed by atoms with Crippen molar-refractivity contribution in [3.63, 3.8) is 0 Å². The molecule has 0 aliphatic carbocycles. The average Bonchev–Trinajstić information content (AvgIpc) is 2.33. The fourth-order valence-corrected chi connectivity index (χ4v) is 2.23. The van der Waals surface area contributed by atoms with Gasteiger partial charge in [0.05, 0.1) is 15.1 Å². The van der Waals surface area contributed by atoms with E-state index in [1.54, 1.807) is 0 Å². The van der Waals surface area contributed by atoms with Gasteiger partial charge in [-0.2, -0.15) is 0 Å². The number of pyridine rings is 1. The molecule has 6 heteroatoms. The summed E-state index contributed by atoms with van der Waals surface area (Å²) < 4.78 is 13.0. The summed E-state index contributed by atoms with van der Waals surface area (Å²) in [4.78, 5) is 15.9. The van der Waals surface area contributed by atoms with Crippen molar-refractivity contribution >= 4 is 40.6 Å². The van der Waals surface area contributed by atoms with Crippen LogP contribution in [0.2, 0.25) is 15.1 Å². The first kappa shape index (κ1) is 14.3. The van der Waals surface area contributed by atoms with Crippen molar-refractivity contribution in [2.24, 2.45) is 0 Å². The summed E-state index contributed by atoms with van der Waals surface area (Å²) in [5.74, 6) is -0.815. The van der Waals surface area contributed by atoms with Gasteiger partial charge in [-0.25, -0.2) is 9.37 Å². The van der Waals surface area contributed by atoms with Gasteiger partial charge in [0, 0.05) is 12.6 Å². The van der Waals surface area contributed by atoms with E-state index in [1.165, 1.54) is 30.5 Å². The largest absolute Gasteiger partial charge is 0.292 e. The van der Waals surface area contributed by atoms with Crippen LogP contribution < -0.4 is 0 Å². The van der Waals surface area contributed by atoms with Gasteiger partial charge in [-0.1, -0.05) is 40.9 Å². The molecule has 0 fully saturated rings. The average molecular weight is 319 g/mol. The molecule has 0 N–H and O–H groups in total. The highest BCUT2D eigenvalue weighted by atomic mass is 35.5. The number of hydrogen-bond acceptors (Lipinski definition) is 2. The first-order valence-electron chi connectivity index (χ1n) is 5.25. The number of ketones is 1. The van der Waals surface area contributed by atoms with Gasteiger partial charge < -0.3 is 0 Å². The van der Waals surface area contributed by atoms with Crippen molar-refractivity contribution in [2.45, 2.75) is 6.42 Å². The van der Waals surface area contributed by atoms with Gasteiger partial charge in [0.2, 0.25) is 0 Å². The highest BCUT2D eigenvalue weighted by Gasteiger charge is 2.14. The van der Waals surface area contributed by atoms with Crippen molar-refractivity contribution in [1.82, 2.24) is 4.98 Å². The minimum absolute atomic E-state index is 0.0273. The molecule has 1 aromatic heterocycles. The van der Waals surface area contributed by atoms with E-state index in [2.05, 4.69) is 4.98 Å². The van der Waals surface area contributed by atoms with Crippen molar-refractivity contribution in [3.05, 3.63) is 62.6 Å². The van der Waals surface area contributed by atoms with E-state index in [0.717, 1.165) is 0 Å². The van der Waals surface area contributed by atoms with Gasteiger partial charge in [-0.15, -0.1) is 0 Å². The molecule has 0 aliphatic heterocycles. The van der Waals surface area contributed by atoms with E-state index in [0.29, 0.717) is 10.6 Å². The fraction of sp³-hybridized carbons (Fsp3) is 0.0769. The topological polar surface area (TPSA) is 30.0 Å². The van der Waals surface area contributed by atoms with Crippen molar-refractivity contribution in [3.8, 4) is 0 Å². The molecule has 98 valence electrons. The van der Waals surface area contributed by atoms with Crippen molar-refractivity contribution in [1.29, 1.82) is 0 Å². The zero-order valence-corrected chi connectivity index (χ0v) is 11.7. The van der Waals surface area contributed by atoms with Crippen LogP contribution in [-0.4, -0.2) is 10.8 Å². The smallest absolute Gasteiger partial charge is 0.187 e. The molecule has 0 amide bonds. The lowest BCUT2D eigenvalue weighted by Crippen LogP contribution is -2.07. The molecule has 19 heavy (non-hydrogen) atoms. The summed E-state index contributed by atoms with van der Waals surface area (Å²) in [6.45, 7) is 0. The Hall–Kier alpha value is -1.16. The molecule has 0 aliphatic rings. The Balaban J connectivity index is 2.23. The lowest BCUT2D eigenvalue weighted by atomic mass is 10.1. The number of carbonyl (C=O) groups is 1. The predicted octanol–water partition coefficient (Wildman–Crippen LogP) is 4.61. The van der Waals surface area contributed by atoms with Gasteiger partial charge in [0.1, 0.15) is 11.5 Å².